The number of imide groups is 1. The molecule has 0 aliphatic carbocycles. The first-order chi connectivity index (χ1) is 6.02. The van der Waals surface area contributed by atoms with E-state index in [1.54, 1.807) is 0 Å². The molecule has 0 aromatic heterocycles. The predicted molar refractivity (Wildman–Crippen MR) is 42.8 cm³/mol. The molecule has 5 nitrogen and oxygen atoms in total. The maximum Gasteiger partial charge on any atom is 0.395 e. The standard InChI is InChI=1S/C8H11NO4/c1-5-2-3-9(6(10)4-5)7(11)8(12)13/h5H,2-4H2,1H3,(H,12,13). The van der Waals surface area contributed by atoms with Gasteiger partial charge in [0.2, 0.25) is 5.91 Å². The van der Waals surface area contributed by atoms with E-state index in [1.807, 2.05) is 6.92 Å². The number of hydrogen-bond acceptors (Lipinski definition) is 3. The Hall–Kier alpha value is -1.39. The van der Waals surface area contributed by atoms with Crippen LogP contribution in [-0.4, -0.2) is 34.3 Å². The summed E-state index contributed by atoms with van der Waals surface area (Å²) in [4.78, 5) is 33.2. The summed E-state index contributed by atoms with van der Waals surface area (Å²) < 4.78 is 0. The second-order valence-corrected chi connectivity index (χ2v) is 3.25. The van der Waals surface area contributed by atoms with E-state index in [2.05, 4.69) is 0 Å². The Morgan fingerprint density at radius 3 is 2.62 bits per heavy atom. The summed E-state index contributed by atoms with van der Waals surface area (Å²) in [7, 11) is 0. The summed E-state index contributed by atoms with van der Waals surface area (Å²) in [6.07, 6.45) is 0.948. The van der Waals surface area contributed by atoms with E-state index in [4.69, 9.17) is 5.11 Å². The fourth-order valence-electron chi connectivity index (χ4n) is 1.31. The van der Waals surface area contributed by atoms with Crippen molar-refractivity contribution in [3.05, 3.63) is 0 Å². The Labute approximate surface area is 75.3 Å². The van der Waals surface area contributed by atoms with Crippen molar-refractivity contribution < 1.29 is 19.5 Å². The molecule has 1 atom stereocenters. The van der Waals surface area contributed by atoms with Gasteiger partial charge in [-0.2, -0.15) is 0 Å². The van der Waals surface area contributed by atoms with Gasteiger partial charge in [-0.1, -0.05) is 6.92 Å². The van der Waals surface area contributed by atoms with Gasteiger partial charge in [-0.05, 0) is 12.3 Å². The number of carbonyl (C=O) groups excluding carboxylic acids is 2. The van der Waals surface area contributed by atoms with Crippen LogP contribution in [0, 0.1) is 5.92 Å². The summed E-state index contributed by atoms with van der Waals surface area (Å²) in [6.45, 7) is 2.13. The molecule has 1 fully saturated rings. The van der Waals surface area contributed by atoms with Crippen LogP contribution in [0.25, 0.3) is 0 Å². The third-order valence-corrected chi connectivity index (χ3v) is 2.10. The van der Waals surface area contributed by atoms with Crippen molar-refractivity contribution in [1.82, 2.24) is 4.90 Å². The molecule has 1 aliphatic rings. The third-order valence-electron chi connectivity index (χ3n) is 2.10. The summed E-state index contributed by atoms with van der Waals surface area (Å²) in [6, 6.07) is 0. The van der Waals surface area contributed by atoms with Crippen LogP contribution < -0.4 is 0 Å². The number of amides is 2. The Morgan fingerprint density at radius 2 is 2.15 bits per heavy atom. The number of rotatable bonds is 0. The lowest BCUT2D eigenvalue weighted by Gasteiger charge is -2.26. The zero-order chi connectivity index (χ0) is 10.0. The number of hydrogen-bond donors (Lipinski definition) is 1. The molecule has 0 aromatic rings. The summed E-state index contributed by atoms with van der Waals surface area (Å²) in [5.74, 6) is -2.82. The lowest BCUT2D eigenvalue weighted by Crippen LogP contribution is -2.45. The molecule has 1 heterocycles. The monoisotopic (exact) mass is 185 g/mol. The number of nitrogens with zero attached hydrogens (tertiary/aromatic N) is 1. The van der Waals surface area contributed by atoms with Gasteiger partial charge in [0.05, 0.1) is 0 Å². The largest absolute Gasteiger partial charge is 0.474 e. The molecule has 1 aliphatic heterocycles. The highest BCUT2D eigenvalue weighted by molar-refractivity contribution is 6.34. The zero-order valence-corrected chi connectivity index (χ0v) is 7.32. The average molecular weight is 185 g/mol. The van der Waals surface area contributed by atoms with Crippen molar-refractivity contribution in [2.45, 2.75) is 19.8 Å². The van der Waals surface area contributed by atoms with Crippen LogP contribution in [0.5, 0.6) is 0 Å². The number of carboxylic acids is 1. The minimum absolute atomic E-state index is 0.227. The predicted octanol–water partition coefficient (Wildman–Crippen LogP) is -0.144. The van der Waals surface area contributed by atoms with Gasteiger partial charge in [0.1, 0.15) is 0 Å². The van der Waals surface area contributed by atoms with Crippen molar-refractivity contribution in [3.63, 3.8) is 0 Å². The first-order valence-corrected chi connectivity index (χ1v) is 4.10. The zero-order valence-electron chi connectivity index (χ0n) is 7.32. The summed E-state index contributed by atoms with van der Waals surface area (Å²) >= 11 is 0. The maximum absolute atomic E-state index is 11.2. The number of aliphatic carboxylic acids is 1. The van der Waals surface area contributed by atoms with Crippen molar-refractivity contribution in [1.29, 1.82) is 0 Å². The van der Waals surface area contributed by atoms with Crippen LogP contribution in [-0.2, 0) is 14.4 Å². The molecule has 1 rings (SSSR count). The van der Waals surface area contributed by atoms with Gasteiger partial charge in [-0.25, -0.2) is 4.79 Å². The maximum atomic E-state index is 11.2. The van der Waals surface area contributed by atoms with Gasteiger partial charge < -0.3 is 5.11 Å². The highest BCUT2D eigenvalue weighted by Gasteiger charge is 2.31. The molecular weight excluding hydrogens is 174 g/mol. The van der Waals surface area contributed by atoms with E-state index in [1.165, 1.54) is 0 Å². The van der Waals surface area contributed by atoms with E-state index >= 15 is 0 Å². The van der Waals surface area contributed by atoms with Crippen LogP contribution in [0.2, 0.25) is 0 Å². The molecule has 0 bridgehead atoms. The van der Waals surface area contributed by atoms with Gasteiger partial charge in [-0.15, -0.1) is 0 Å². The van der Waals surface area contributed by atoms with Crippen molar-refractivity contribution in [3.8, 4) is 0 Å². The lowest BCUT2D eigenvalue weighted by molar-refractivity contribution is -0.161. The normalized spacial score (nSPS) is 23.0. The molecular formula is C8H11NO4. The molecule has 13 heavy (non-hydrogen) atoms. The van der Waals surface area contributed by atoms with E-state index < -0.39 is 11.9 Å². The second-order valence-electron chi connectivity index (χ2n) is 3.25. The SMILES string of the molecule is CC1CCN(C(=O)C(=O)O)C(=O)C1. The molecule has 1 N–H and O–H groups in total. The highest BCUT2D eigenvalue weighted by Crippen LogP contribution is 2.17. The molecule has 1 unspecified atom stereocenters. The quantitative estimate of drug-likeness (QED) is 0.533. The fraction of sp³-hybridized carbons (Fsp3) is 0.625. The Bertz CT molecular complexity index is 261. The van der Waals surface area contributed by atoms with Crippen LogP contribution in [0.15, 0.2) is 0 Å². The number of carboxylic acid groups (broad SMARTS) is 1. The molecule has 1 saturated heterocycles. The van der Waals surface area contributed by atoms with Gasteiger partial charge in [0.15, 0.2) is 0 Å². The molecule has 2 amide bonds. The first kappa shape index (κ1) is 9.70. The van der Waals surface area contributed by atoms with Crippen molar-refractivity contribution in [2.24, 2.45) is 5.92 Å². The van der Waals surface area contributed by atoms with E-state index in [0.29, 0.717) is 6.42 Å². The Morgan fingerprint density at radius 1 is 1.54 bits per heavy atom. The van der Waals surface area contributed by atoms with E-state index in [9.17, 15) is 14.4 Å². The molecule has 0 saturated carbocycles. The second kappa shape index (κ2) is 3.55. The highest BCUT2D eigenvalue weighted by atomic mass is 16.4. The molecule has 5 heteroatoms. The summed E-state index contributed by atoms with van der Waals surface area (Å²) in [5.41, 5.74) is 0. The van der Waals surface area contributed by atoms with Crippen LogP contribution >= 0.6 is 0 Å². The smallest absolute Gasteiger partial charge is 0.395 e. The first-order valence-electron chi connectivity index (χ1n) is 4.10. The average Bonchev–Trinajstić information content (AvgIpc) is 2.03. The molecule has 0 spiro atoms. The van der Waals surface area contributed by atoms with Gasteiger partial charge >= 0.3 is 11.9 Å². The van der Waals surface area contributed by atoms with Crippen LogP contribution in [0.3, 0.4) is 0 Å². The minimum atomic E-state index is -1.57. The molecule has 0 radical (unpaired) electrons. The lowest BCUT2D eigenvalue weighted by atomic mass is 9.98. The topological polar surface area (TPSA) is 74.7 Å². The van der Waals surface area contributed by atoms with Crippen molar-refractivity contribution >= 4 is 17.8 Å². The van der Waals surface area contributed by atoms with Crippen LogP contribution in [0.1, 0.15) is 19.8 Å². The van der Waals surface area contributed by atoms with E-state index in [-0.39, 0.29) is 24.8 Å². The number of carbonyl (C=O) groups is 3. The minimum Gasteiger partial charge on any atom is -0.474 e. The Balaban J connectivity index is 2.66. The molecule has 0 aromatic carbocycles. The van der Waals surface area contributed by atoms with Crippen molar-refractivity contribution in [2.75, 3.05) is 6.54 Å². The van der Waals surface area contributed by atoms with Crippen LogP contribution in [0.4, 0.5) is 0 Å². The fourth-order valence-corrected chi connectivity index (χ4v) is 1.31. The summed E-state index contributed by atoms with van der Waals surface area (Å²) in [5, 5.41) is 8.37. The third kappa shape index (κ3) is 2.05. The number of likely N-dealkylation sites (tertiary alicyclic amines) is 1. The number of piperidine rings is 1. The van der Waals surface area contributed by atoms with Gasteiger partial charge in [-0.3, -0.25) is 14.5 Å². The van der Waals surface area contributed by atoms with Gasteiger partial charge in [0, 0.05) is 13.0 Å². The van der Waals surface area contributed by atoms with E-state index in [0.717, 1.165) is 4.90 Å². The Kier molecular flexibility index (Phi) is 2.65. The van der Waals surface area contributed by atoms with Gasteiger partial charge in [0.25, 0.3) is 0 Å². The molecule has 72 valence electrons.